The first-order valence-electron chi connectivity index (χ1n) is 11.7. The van der Waals surface area contributed by atoms with Crippen molar-refractivity contribution in [3.63, 3.8) is 0 Å². The van der Waals surface area contributed by atoms with Crippen LogP contribution >= 0.6 is 11.3 Å². The van der Waals surface area contributed by atoms with Crippen LogP contribution < -0.4 is 5.56 Å². The van der Waals surface area contributed by atoms with E-state index in [4.69, 9.17) is 4.98 Å². The number of carbonyl (C=O) groups is 1. The van der Waals surface area contributed by atoms with Gasteiger partial charge >= 0.3 is 0 Å². The van der Waals surface area contributed by atoms with Crippen LogP contribution in [0.15, 0.2) is 21.6 Å². The Morgan fingerprint density at radius 2 is 2.06 bits per heavy atom. The summed E-state index contributed by atoms with van der Waals surface area (Å²) < 4.78 is 0. The summed E-state index contributed by atoms with van der Waals surface area (Å²) in [5.74, 6) is 1.64. The Labute approximate surface area is 187 Å². The number of hydrogen-bond donors (Lipinski definition) is 1. The summed E-state index contributed by atoms with van der Waals surface area (Å²) in [6.07, 6.45) is 8.12. The fourth-order valence-corrected chi connectivity index (χ4v) is 6.23. The molecule has 1 saturated carbocycles. The average Bonchev–Trinajstić information content (AvgIpc) is 3.46. The van der Waals surface area contributed by atoms with Crippen LogP contribution in [-0.4, -0.2) is 44.8 Å². The van der Waals surface area contributed by atoms with Gasteiger partial charge in [-0.1, -0.05) is 6.92 Å². The third kappa shape index (κ3) is 4.35. The largest absolute Gasteiger partial charge is 0.332 e. The third-order valence-electron chi connectivity index (χ3n) is 7.44. The maximum Gasteiger partial charge on any atom is 0.255 e. The highest BCUT2D eigenvalue weighted by Gasteiger charge is 2.34. The van der Waals surface area contributed by atoms with Crippen LogP contribution in [0.3, 0.4) is 0 Å². The number of rotatable bonds is 4. The van der Waals surface area contributed by atoms with Gasteiger partial charge in [0.15, 0.2) is 0 Å². The minimum absolute atomic E-state index is 0.00832. The van der Waals surface area contributed by atoms with E-state index in [1.54, 1.807) is 11.3 Å². The maximum atomic E-state index is 13.0. The lowest BCUT2D eigenvalue weighted by atomic mass is 9.86. The second-order valence-corrected chi connectivity index (χ2v) is 10.3. The molecule has 7 heteroatoms. The van der Waals surface area contributed by atoms with Gasteiger partial charge in [-0.2, -0.15) is 11.3 Å². The molecule has 1 amide bonds. The smallest absolute Gasteiger partial charge is 0.255 e. The van der Waals surface area contributed by atoms with Crippen LogP contribution in [0.1, 0.15) is 74.1 Å². The quantitative estimate of drug-likeness (QED) is 0.788. The number of carbonyl (C=O) groups excluding carboxylic acids is 1. The molecule has 1 N–H and O–H groups in total. The summed E-state index contributed by atoms with van der Waals surface area (Å²) >= 11 is 1.61. The highest BCUT2D eigenvalue weighted by molar-refractivity contribution is 7.08. The monoisotopic (exact) mass is 440 g/mol. The normalized spacial score (nSPS) is 26.7. The first-order chi connectivity index (χ1) is 15.1. The number of nitrogens with one attached hydrogen (secondary N) is 1. The molecule has 6 nitrogen and oxygen atoms in total. The molecular weight excluding hydrogens is 408 g/mol. The average molecular weight is 441 g/mol. The number of H-pyrrole nitrogens is 1. The summed E-state index contributed by atoms with van der Waals surface area (Å²) in [5, 5.41) is 4.03. The number of thiophene rings is 1. The molecule has 1 atom stereocenters. The number of amides is 1. The molecule has 31 heavy (non-hydrogen) atoms. The van der Waals surface area contributed by atoms with E-state index in [0.29, 0.717) is 24.8 Å². The van der Waals surface area contributed by atoms with Gasteiger partial charge in [0, 0.05) is 32.1 Å². The Morgan fingerprint density at radius 1 is 1.23 bits per heavy atom. The van der Waals surface area contributed by atoms with E-state index in [1.165, 1.54) is 25.7 Å². The van der Waals surface area contributed by atoms with Gasteiger partial charge in [0.2, 0.25) is 5.91 Å². The molecular formula is C24H32N4O2S. The predicted octanol–water partition coefficient (Wildman–Crippen LogP) is 3.67. The summed E-state index contributed by atoms with van der Waals surface area (Å²) in [7, 11) is 0. The van der Waals surface area contributed by atoms with Gasteiger partial charge < -0.3 is 9.88 Å². The van der Waals surface area contributed by atoms with Crippen molar-refractivity contribution in [2.75, 3.05) is 13.1 Å². The number of fused-ring (bicyclic) bond motifs is 1. The molecule has 0 aromatic carbocycles. The van der Waals surface area contributed by atoms with Crippen LogP contribution in [0.5, 0.6) is 0 Å². The van der Waals surface area contributed by atoms with Crippen molar-refractivity contribution in [1.82, 2.24) is 19.8 Å². The SMILES string of the molecule is CC1CCC(N2CCc3nc([C@H]4CCCN4C(=O)Cc4ccsc4)[nH]c(=O)c3C2)CC1. The van der Waals surface area contributed by atoms with Gasteiger partial charge in [-0.05, 0) is 66.8 Å². The molecule has 1 aliphatic carbocycles. The van der Waals surface area contributed by atoms with E-state index in [1.807, 2.05) is 21.7 Å². The summed E-state index contributed by atoms with van der Waals surface area (Å²) in [4.78, 5) is 38.3. The van der Waals surface area contributed by atoms with E-state index in [9.17, 15) is 9.59 Å². The van der Waals surface area contributed by atoms with E-state index < -0.39 is 0 Å². The minimum Gasteiger partial charge on any atom is -0.332 e. The Balaban J connectivity index is 1.32. The first kappa shape index (κ1) is 20.9. The second-order valence-electron chi connectivity index (χ2n) is 9.56. The molecule has 0 radical (unpaired) electrons. The van der Waals surface area contributed by atoms with E-state index >= 15 is 0 Å². The molecule has 0 bridgehead atoms. The lowest BCUT2D eigenvalue weighted by molar-refractivity contribution is -0.131. The van der Waals surface area contributed by atoms with Crippen LogP contribution in [0.4, 0.5) is 0 Å². The fraction of sp³-hybridized carbons (Fsp3) is 0.625. The predicted molar refractivity (Wildman–Crippen MR) is 122 cm³/mol. The molecule has 3 aliphatic rings. The topological polar surface area (TPSA) is 69.3 Å². The summed E-state index contributed by atoms with van der Waals surface area (Å²) in [6.45, 7) is 4.77. The van der Waals surface area contributed by atoms with Gasteiger partial charge in [0.25, 0.3) is 5.56 Å². The van der Waals surface area contributed by atoms with Crippen LogP contribution in [-0.2, 0) is 24.2 Å². The number of nitrogens with zero attached hydrogens (tertiary/aromatic N) is 3. The van der Waals surface area contributed by atoms with Gasteiger partial charge in [-0.3, -0.25) is 14.5 Å². The second kappa shape index (κ2) is 8.87. The Kier molecular flexibility index (Phi) is 5.97. The zero-order valence-corrected chi connectivity index (χ0v) is 19.1. The molecule has 166 valence electrons. The highest BCUT2D eigenvalue weighted by atomic mass is 32.1. The summed E-state index contributed by atoms with van der Waals surface area (Å²) in [6, 6.07) is 2.50. The maximum absolute atomic E-state index is 13.0. The van der Waals surface area contributed by atoms with Gasteiger partial charge in [-0.25, -0.2) is 4.98 Å². The first-order valence-corrected chi connectivity index (χ1v) is 12.7. The van der Waals surface area contributed by atoms with Crippen molar-refractivity contribution in [1.29, 1.82) is 0 Å². The van der Waals surface area contributed by atoms with Crippen molar-refractivity contribution in [3.05, 3.63) is 49.8 Å². The van der Waals surface area contributed by atoms with Crippen LogP contribution in [0.25, 0.3) is 0 Å². The van der Waals surface area contributed by atoms with E-state index in [-0.39, 0.29) is 17.5 Å². The van der Waals surface area contributed by atoms with Crippen LogP contribution in [0, 0.1) is 5.92 Å². The molecule has 0 spiro atoms. The zero-order chi connectivity index (χ0) is 21.4. The lowest BCUT2D eigenvalue weighted by Gasteiger charge is -2.38. The van der Waals surface area contributed by atoms with Crippen molar-refractivity contribution < 1.29 is 4.79 Å². The van der Waals surface area contributed by atoms with Crippen molar-refractivity contribution in [3.8, 4) is 0 Å². The third-order valence-corrected chi connectivity index (χ3v) is 8.17. The molecule has 2 aromatic rings. The number of hydrogen-bond acceptors (Lipinski definition) is 5. The number of likely N-dealkylation sites (tertiary alicyclic amines) is 1. The summed E-state index contributed by atoms with van der Waals surface area (Å²) in [5.41, 5.74) is 2.83. The van der Waals surface area contributed by atoms with Crippen LogP contribution in [0.2, 0.25) is 0 Å². The molecule has 4 heterocycles. The van der Waals surface area contributed by atoms with Crippen molar-refractivity contribution >= 4 is 17.2 Å². The number of aromatic amines is 1. The highest BCUT2D eigenvalue weighted by Crippen LogP contribution is 2.32. The van der Waals surface area contributed by atoms with Crippen molar-refractivity contribution in [2.24, 2.45) is 5.92 Å². The molecule has 5 rings (SSSR count). The fourth-order valence-electron chi connectivity index (χ4n) is 5.56. The van der Waals surface area contributed by atoms with Gasteiger partial charge in [0.1, 0.15) is 5.82 Å². The minimum atomic E-state index is -0.109. The Morgan fingerprint density at radius 3 is 2.84 bits per heavy atom. The van der Waals surface area contributed by atoms with Gasteiger partial charge in [0.05, 0.1) is 23.7 Å². The molecule has 0 unspecified atom stereocenters. The zero-order valence-electron chi connectivity index (χ0n) is 18.3. The van der Waals surface area contributed by atoms with E-state index in [0.717, 1.165) is 55.1 Å². The Hall–Kier alpha value is -1.99. The molecule has 1 saturated heterocycles. The lowest BCUT2D eigenvalue weighted by Crippen LogP contribution is -2.44. The number of aromatic nitrogens is 2. The van der Waals surface area contributed by atoms with E-state index in [2.05, 4.69) is 16.8 Å². The van der Waals surface area contributed by atoms with Gasteiger partial charge in [-0.15, -0.1) is 0 Å². The van der Waals surface area contributed by atoms with Crippen molar-refractivity contribution in [2.45, 2.75) is 76.9 Å². The molecule has 2 aromatic heterocycles. The Bertz CT molecular complexity index is 978. The molecule has 2 aliphatic heterocycles. The molecule has 2 fully saturated rings. The standard InChI is InChI=1S/C24H32N4O2S/c1-16-4-6-18(7-5-16)27-11-8-20-19(14-27)24(30)26-23(25-20)21-3-2-10-28(21)22(29)13-17-9-12-31-15-17/h9,12,15-16,18,21H,2-8,10-11,13-14H2,1H3,(H,25,26,30)/t16?,18?,21-/m1/s1.